The first kappa shape index (κ1) is 10.5. The predicted molar refractivity (Wildman–Crippen MR) is 68.3 cm³/mol. The molecule has 0 aromatic heterocycles. The van der Waals surface area contributed by atoms with Gasteiger partial charge in [-0.2, -0.15) is 11.8 Å². The number of ether oxygens (including phenoxy) is 1. The first-order valence-corrected chi connectivity index (χ1v) is 7.09. The van der Waals surface area contributed by atoms with Gasteiger partial charge in [0.1, 0.15) is 11.9 Å². The summed E-state index contributed by atoms with van der Waals surface area (Å²) in [4.78, 5) is 0. The minimum absolute atomic E-state index is 0.440. The highest BCUT2D eigenvalue weighted by Crippen LogP contribution is 2.35. The molecule has 0 saturated carbocycles. The van der Waals surface area contributed by atoms with E-state index in [1.807, 2.05) is 11.8 Å². The van der Waals surface area contributed by atoms with Gasteiger partial charge in [-0.05, 0) is 48.6 Å². The second-order valence-electron chi connectivity index (χ2n) is 4.61. The molecule has 2 aliphatic rings. The maximum Gasteiger partial charge on any atom is 0.120 e. The van der Waals surface area contributed by atoms with Crippen molar-refractivity contribution in [1.82, 2.24) is 0 Å². The minimum Gasteiger partial charge on any atom is -0.489 e. The van der Waals surface area contributed by atoms with Crippen molar-refractivity contribution in [3.8, 4) is 5.75 Å². The van der Waals surface area contributed by atoms with Crippen molar-refractivity contribution in [2.75, 3.05) is 18.1 Å². The van der Waals surface area contributed by atoms with E-state index in [9.17, 15) is 0 Å². The topological polar surface area (TPSA) is 35.2 Å². The number of fused-ring (bicyclic) bond motifs is 1. The molecule has 2 nitrogen and oxygen atoms in total. The van der Waals surface area contributed by atoms with Crippen LogP contribution in [0.1, 0.15) is 23.5 Å². The quantitative estimate of drug-likeness (QED) is 0.872. The summed E-state index contributed by atoms with van der Waals surface area (Å²) in [6.07, 6.45) is 2.80. The molecule has 0 amide bonds. The SMILES string of the molecule is NCC1CCc2cc(OC3CSC3)ccc21. The molecule has 16 heavy (non-hydrogen) atoms. The molecule has 1 atom stereocenters. The number of hydrogen-bond donors (Lipinski definition) is 1. The van der Waals surface area contributed by atoms with Crippen LogP contribution in [0.4, 0.5) is 0 Å². The van der Waals surface area contributed by atoms with Crippen LogP contribution in [0.15, 0.2) is 18.2 Å². The van der Waals surface area contributed by atoms with E-state index in [1.54, 1.807) is 0 Å². The van der Waals surface area contributed by atoms with Crippen LogP contribution in [-0.4, -0.2) is 24.2 Å². The summed E-state index contributed by atoms with van der Waals surface area (Å²) in [7, 11) is 0. The van der Waals surface area contributed by atoms with Gasteiger partial charge in [-0.25, -0.2) is 0 Å². The smallest absolute Gasteiger partial charge is 0.120 e. The molecule has 3 rings (SSSR count). The number of rotatable bonds is 3. The van der Waals surface area contributed by atoms with E-state index >= 15 is 0 Å². The Morgan fingerprint density at radius 2 is 2.25 bits per heavy atom. The van der Waals surface area contributed by atoms with Crippen molar-refractivity contribution in [2.24, 2.45) is 5.73 Å². The van der Waals surface area contributed by atoms with E-state index in [-0.39, 0.29) is 0 Å². The average Bonchev–Trinajstić information content (AvgIpc) is 2.65. The summed E-state index contributed by atoms with van der Waals surface area (Å²) in [5, 5.41) is 0. The first-order chi connectivity index (χ1) is 7.86. The Balaban J connectivity index is 1.77. The van der Waals surface area contributed by atoms with E-state index in [0.717, 1.165) is 30.2 Å². The molecule has 2 N–H and O–H groups in total. The van der Waals surface area contributed by atoms with E-state index in [2.05, 4.69) is 18.2 Å². The van der Waals surface area contributed by atoms with Crippen LogP contribution < -0.4 is 10.5 Å². The Hall–Kier alpha value is -0.670. The number of thioether (sulfide) groups is 1. The zero-order valence-electron chi connectivity index (χ0n) is 9.32. The highest BCUT2D eigenvalue weighted by atomic mass is 32.2. The van der Waals surface area contributed by atoms with Gasteiger partial charge in [0, 0.05) is 11.5 Å². The van der Waals surface area contributed by atoms with Crippen LogP contribution in [0.25, 0.3) is 0 Å². The lowest BCUT2D eigenvalue weighted by atomic mass is 10.0. The summed E-state index contributed by atoms with van der Waals surface area (Å²) < 4.78 is 5.89. The molecular weight excluding hydrogens is 218 g/mol. The third-order valence-electron chi connectivity index (χ3n) is 3.51. The number of aryl methyl sites for hydroxylation is 1. The van der Waals surface area contributed by atoms with Gasteiger partial charge in [-0.1, -0.05) is 6.07 Å². The van der Waals surface area contributed by atoms with Crippen molar-refractivity contribution in [3.05, 3.63) is 29.3 Å². The Labute approximate surface area is 101 Å². The minimum atomic E-state index is 0.440. The fourth-order valence-corrected chi connectivity index (χ4v) is 3.04. The lowest BCUT2D eigenvalue weighted by Gasteiger charge is -2.26. The monoisotopic (exact) mass is 235 g/mol. The Kier molecular flexibility index (Phi) is 2.82. The normalized spacial score (nSPS) is 23.9. The van der Waals surface area contributed by atoms with Crippen LogP contribution in [-0.2, 0) is 6.42 Å². The van der Waals surface area contributed by atoms with Crippen molar-refractivity contribution in [1.29, 1.82) is 0 Å². The molecular formula is C13H17NOS. The molecule has 1 heterocycles. The molecule has 3 heteroatoms. The second-order valence-corrected chi connectivity index (χ2v) is 5.68. The zero-order chi connectivity index (χ0) is 11.0. The molecule has 0 radical (unpaired) electrons. The summed E-state index contributed by atoms with van der Waals surface area (Å²) in [6, 6.07) is 6.53. The van der Waals surface area contributed by atoms with E-state index < -0.39 is 0 Å². The number of benzene rings is 1. The van der Waals surface area contributed by atoms with Gasteiger partial charge in [-0.3, -0.25) is 0 Å². The van der Waals surface area contributed by atoms with Gasteiger partial charge >= 0.3 is 0 Å². The highest BCUT2D eigenvalue weighted by Gasteiger charge is 2.23. The van der Waals surface area contributed by atoms with Crippen LogP contribution in [0.5, 0.6) is 5.75 Å². The zero-order valence-corrected chi connectivity index (χ0v) is 10.1. The summed E-state index contributed by atoms with van der Waals surface area (Å²) in [5.74, 6) is 3.90. The van der Waals surface area contributed by atoms with E-state index in [0.29, 0.717) is 12.0 Å². The van der Waals surface area contributed by atoms with Crippen LogP contribution >= 0.6 is 11.8 Å². The van der Waals surface area contributed by atoms with Gasteiger partial charge in [0.15, 0.2) is 0 Å². The number of hydrogen-bond acceptors (Lipinski definition) is 3. The Morgan fingerprint density at radius 1 is 1.38 bits per heavy atom. The molecule has 1 aromatic carbocycles. The lowest BCUT2D eigenvalue weighted by Crippen LogP contribution is -2.31. The number of nitrogens with two attached hydrogens (primary N) is 1. The summed E-state index contributed by atoms with van der Waals surface area (Å²) in [6.45, 7) is 0.770. The maximum absolute atomic E-state index is 5.89. The maximum atomic E-state index is 5.89. The van der Waals surface area contributed by atoms with Crippen LogP contribution in [0.2, 0.25) is 0 Å². The Morgan fingerprint density at radius 3 is 2.94 bits per heavy atom. The van der Waals surface area contributed by atoms with Crippen LogP contribution in [0, 0.1) is 0 Å². The lowest BCUT2D eigenvalue weighted by molar-refractivity contribution is 0.240. The fraction of sp³-hybridized carbons (Fsp3) is 0.538. The third kappa shape index (κ3) is 1.82. The molecule has 1 aliphatic heterocycles. The molecule has 1 aliphatic carbocycles. The van der Waals surface area contributed by atoms with Gasteiger partial charge in [0.05, 0.1) is 0 Å². The van der Waals surface area contributed by atoms with Crippen molar-refractivity contribution in [2.45, 2.75) is 24.9 Å². The summed E-state index contributed by atoms with van der Waals surface area (Å²) >= 11 is 1.95. The summed E-state index contributed by atoms with van der Waals surface area (Å²) in [5.41, 5.74) is 8.65. The molecule has 86 valence electrons. The van der Waals surface area contributed by atoms with Gasteiger partial charge < -0.3 is 10.5 Å². The highest BCUT2D eigenvalue weighted by molar-refractivity contribution is 8.00. The Bertz CT molecular complexity index is 390. The standard InChI is InChI=1S/C13H17NOS/c14-6-10-2-1-9-5-11(3-4-13(9)10)15-12-7-16-8-12/h3-5,10,12H,1-2,6-8,14H2. The fourth-order valence-electron chi connectivity index (χ4n) is 2.47. The molecule has 1 unspecified atom stereocenters. The second kappa shape index (κ2) is 4.30. The van der Waals surface area contributed by atoms with Crippen molar-refractivity contribution in [3.63, 3.8) is 0 Å². The van der Waals surface area contributed by atoms with Crippen molar-refractivity contribution >= 4 is 11.8 Å². The third-order valence-corrected chi connectivity index (χ3v) is 4.73. The van der Waals surface area contributed by atoms with Gasteiger partial charge in [0.25, 0.3) is 0 Å². The van der Waals surface area contributed by atoms with E-state index in [1.165, 1.54) is 17.5 Å². The molecule has 0 spiro atoms. The first-order valence-electron chi connectivity index (χ1n) is 5.94. The molecule has 1 saturated heterocycles. The largest absolute Gasteiger partial charge is 0.489 e. The molecule has 1 fully saturated rings. The van der Waals surface area contributed by atoms with E-state index in [4.69, 9.17) is 10.5 Å². The molecule has 0 bridgehead atoms. The van der Waals surface area contributed by atoms with Crippen molar-refractivity contribution < 1.29 is 4.74 Å². The predicted octanol–water partition coefficient (Wildman–Crippen LogP) is 2.17. The molecule has 1 aromatic rings. The van der Waals surface area contributed by atoms with Crippen LogP contribution in [0.3, 0.4) is 0 Å². The van der Waals surface area contributed by atoms with Gasteiger partial charge in [0.2, 0.25) is 0 Å². The average molecular weight is 235 g/mol. The van der Waals surface area contributed by atoms with Gasteiger partial charge in [-0.15, -0.1) is 0 Å².